The van der Waals surface area contributed by atoms with E-state index in [9.17, 15) is 4.79 Å². The largest absolute Gasteiger partial charge is 0.399 e. The van der Waals surface area contributed by atoms with Crippen LogP contribution in [0.1, 0.15) is 82.3 Å². The summed E-state index contributed by atoms with van der Waals surface area (Å²) in [5, 5.41) is 2.68. The van der Waals surface area contributed by atoms with Crippen LogP contribution < -0.4 is 16.8 Å². The summed E-state index contributed by atoms with van der Waals surface area (Å²) in [6, 6.07) is 22.7. The molecular formula is C32H43N3O. The maximum atomic E-state index is 10.5. The lowest BCUT2D eigenvalue weighted by atomic mass is 9.77. The molecular weight excluding hydrogens is 442 g/mol. The number of carbonyl (C=O) groups excluding carboxylic acids is 1. The Morgan fingerprint density at radius 3 is 2.03 bits per heavy atom. The summed E-state index contributed by atoms with van der Waals surface area (Å²) in [6.07, 6.45) is 12.8. The molecule has 1 aliphatic rings. The van der Waals surface area contributed by atoms with Crippen molar-refractivity contribution in [1.82, 2.24) is 0 Å². The van der Waals surface area contributed by atoms with Gasteiger partial charge in [-0.3, -0.25) is 4.79 Å². The molecule has 0 aromatic heterocycles. The molecule has 1 fully saturated rings. The molecule has 1 amide bonds. The topological polar surface area (TPSA) is 81.1 Å². The minimum absolute atomic E-state index is 0.711. The first kappa shape index (κ1) is 27.3. The van der Waals surface area contributed by atoms with Crippen LogP contribution in [-0.4, -0.2) is 6.41 Å². The van der Waals surface area contributed by atoms with Gasteiger partial charge in [0.2, 0.25) is 6.41 Å². The van der Waals surface area contributed by atoms with Crippen LogP contribution >= 0.6 is 0 Å². The zero-order valence-corrected chi connectivity index (χ0v) is 22.0. The molecule has 1 aliphatic carbocycles. The van der Waals surface area contributed by atoms with Crippen molar-refractivity contribution >= 4 is 23.5 Å². The SMILES string of the molecule is CCCCCC1CCC(c2ccc(-c3ccc(NC=O)cc3)cc2)CC1.CCc1ccc(N)cc1N. The number of amides is 1. The average molecular weight is 486 g/mol. The number of aryl methyl sites for hydroxylation is 1. The van der Waals surface area contributed by atoms with Crippen molar-refractivity contribution < 1.29 is 4.79 Å². The Hall–Kier alpha value is -3.27. The first-order valence-corrected chi connectivity index (χ1v) is 13.6. The number of unbranched alkanes of at least 4 members (excludes halogenated alkanes) is 2. The summed E-state index contributed by atoms with van der Waals surface area (Å²) in [5.74, 6) is 1.71. The standard InChI is InChI=1S/C24H31NO.C8H12N2/c1-2-3-4-5-19-6-8-20(9-7-19)21-10-12-22(13-11-21)23-14-16-24(17-15-23)25-18-26;1-2-6-3-4-7(9)5-8(6)10/h10-20H,2-9H2,1H3,(H,25,26);3-5H,2,9-10H2,1H3. The highest BCUT2D eigenvalue weighted by Gasteiger charge is 2.22. The zero-order valence-electron chi connectivity index (χ0n) is 22.0. The van der Waals surface area contributed by atoms with Gasteiger partial charge in [-0.1, -0.05) is 82.0 Å². The van der Waals surface area contributed by atoms with Crippen LogP contribution in [0.4, 0.5) is 17.1 Å². The molecule has 0 atom stereocenters. The van der Waals surface area contributed by atoms with E-state index in [1.165, 1.54) is 68.1 Å². The van der Waals surface area contributed by atoms with Crippen LogP contribution in [0.2, 0.25) is 0 Å². The van der Waals surface area contributed by atoms with E-state index >= 15 is 0 Å². The second kappa shape index (κ2) is 14.3. The van der Waals surface area contributed by atoms with Gasteiger partial charge in [0.15, 0.2) is 0 Å². The minimum Gasteiger partial charge on any atom is -0.399 e. The molecule has 5 N–H and O–H groups in total. The van der Waals surface area contributed by atoms with Crippen molar-refractivity contribution in [2.24, 2.45) is 5.92 Å². The van der Waals surface area contributed by atoms with Gasteiger partial charge in [-0.25, -0.2) is 0 Å². The molecule has 0 heterocycles. The Bertz CT molecular complexity index is 1050. The molecule has 0 bridgehead atoms. The van der Waals surface area contributed by atoms with Crippen molar-refractivity contribution in [2.45, 2.75) is 77.6 Å². The fraction of sp³-hybridized carbons (Fsp3) is 0.406. The van der Waals surface area contributed by atoms with Crippen LogP contribution in [0.3, 0.4) is 0 Å². The average Bonchev–Trinajstić information content (AvgIpc) is 2.91. The van der Waals surface area contributed by atoms with E-state index in [4.69, 9.17) is 11.5 Å². The van der Waals surface area contributed by atoms with Gasteiger partial charge < -0.3 is 16.8 Å². The third-order valence-corrected chi connectivity index (χ3v) is 7.44. The maximum Gasteiger partial charge on any atom is 0.211 e. The lowest BCUT2D eigenvalue weighted by Gasteiger charge is -2.29. The second-order valence-electron chi connectivity index (χ2n) is 9.99. The number of benzene rings is 3. The van der Waals surface area contributed by atoms with E-state index < -0.39 is 0 Å². The number of hydrogen-bond acceptors (Lipinski definition) is 3. The van der Waals surface area contributed by atoms with Crippen LogP contribution in [-0.2, 0) is 11.2 Å². The lowest BCUT2D eigenvalue weighted by molar-refractivity contribution is -0.105. The number of nitrogens with two attached hydrogens (primary N) is 2. The third-order valence-electron chi connectivity index (χ3n) is 7.44. The number of hydrogen-bond donors (Lipinski definition) is 3. The summed E-state index contributed by atoms with van der Waals surface area (Å²) < 4.78 is 0. The lowest BCUT2D eigenvalue weighted by Crippen LogP contribution is -2.13. The van der Waals surface area contributed by atoms with Crippen LogP contribution in [0, 0.1) is 5.92 Å². The Kier molecular flexibility index (Phi) is 10.9. The molecule has 3 aromatic carbocycles. The van der Waals surface area contributed by atoms with E-state index in [0.29, 0.717) is 6.41 Å². The summed E-state index contributed by atoms with van der Waals surface area (Å²) in [6.45, 7) is 4.36. The Morgan fingerprint density at radius 1 is 0.833 bits per heavy atom. The number of nitrogens with one attached hydrogen (secondary N) is 1. The highest BCUT2D eigenvalue weighted by molar-refractivity contribution is 5.74. The number of anilines is 3. The van der Waals surface area contributed by atoms with E-state index in [-0.39, 0.29) is 0 Å². The Balaban J connectivity index is 0.000000303. The number of rotatable bonds is 9. The number of carbonyl (C=O) groups is 1. The first-order chi connectivity index (χ1) is 17.5. The summed E-state index contributed by atoms with van der Waals surface area (Å²) in [7, 11) is 0. The second-order valence-corrected chi connectivity index (χ2v) is 9.99. The van der Waals surface area contributed by atoms with Crippen LogP contribution in [0.5, 0.6) is 0 Å². The van der Waals surface area contributed by atoms with Gasteiger partial charge in [-0.05, 0) is 90.5 Å². The highest BCUT2D eigenvalue weighted by atomic mass is 16.1. The normalized spacial score (nSPS) is 17.1. The molecule has 0 spiro atoms. The smallest absolute Gasteiger partial charge is 0.211 e. The molecule has 0 unspecified atom stereocenters. The van der Waals surface area contributed by atoms with Gasteiger partial charge in [0, 0.05) is 17.1 Å². The molecule has 0 saturated heterocycles. The van der Waals surface area contributed by atoms with E-state index in [0.717, 1.165) is 40.9 Å². The van der Waals surface area contributed by atoms with Crippen LogP contribution in [0.25, 0.3) is 11.1 Å². The van der Waals surface area contributed by atoms with Gasteiger partial charge >= 0.3 is 0 Å². The maximum absolute atomic E-state index is 10.5. The molecule has 3 aromatic rings. The van der Waals surface area contributed by atoms with Crippen molar-refractivity contribution in [3.63, 3.8) is 0 Å². The minimum atomic E-state index is 0.711. The predicted molar refractivity (Wildman–Crippen MR) is 155 cm³/mol. The van der Waals surface area contributed by atoms with Crippen molar-refractivity contribution in [3.8, 4) is 11.1 Å². The first-order valence-electron chi connectivity index (χ1n) is 13.6. The summed E-state index contributed by atoms with van der Waals surface area (Å²) >= 11 is 0. The molecule has 4 heteroatoms. The molecule has 4 nitrogen and oxygen atoms in total. The summed E-state index contributed by atoms with van der Waals surface area (Å²) in [4.78, 5) is 10.5. The number of nitrogen functional groups attached to an aromatic ring is 2. The van der Waals surface area contributed by atoms with E-state index in [2.05, 4.69) is 55.6 Å². The molecule has 4 rings (SSSR count). The van der Waals surface area contributed by atoms with Crippen molar-refractivity contribution in [3.05, 3.63) is 77.9 Å². The molecule has 192 valence electrons. The molecule has 0 aliphatic heterocycles. The van der Waals surface area contributed by atoms with Gasteiger partial charge in [0.25, 0.3) is 0 Å². The third kappa shape index (κ3) is 8.15. The van der Waals surface area contributed by atoms with Crippen LogP contribution in [0.15, 0.2) is 66.7 Å². The van der Waals surface area contributed by atoms with Gasteiger partial charge in [-0.2, -0.15) is 0 Å². The fourth-order valence-electron chi connectivity index (χ4n) is 5.18. The molecule has 36 heavy (non-hydrogen) atoms. The van der Waals surface area contributed by atoms with Gasteiger partial charge in [0.1, 0.15) is 0 Å². The predicted octanol–water partition coefficient (Wildman–Crippen LogP) is 8.19. The Morgan fingerprint density at radius 2 is 1.47 bits per heavy atom. The van der Waals surface area contributed by atoms with E-state index in [1.807, 2.05) is 24.3 Å². The fourth-order valence-corrected chi connectivity index (χ4v) is 5.18. The molecule has 0 radical (unpaired) electrons. The molecule has 1 saturated carbocycles. The monoisotopic (exact) mass is 485 g/mol. The Labute approximate surface area is 217 Å². The van der Waals surface area contributed by atoms with E-state index in [1.54, 1.807) is 6.07 Å². The zero-order chi connectivity index (χ0) is 25.8. The van der Waals surface area contributed by atoms with Gasteiger partial charge in [0.05, 0.1) is 0 Å². The summed E-state index contributed by atoms with van der Waals surface area (Å²) in [5.41, 5.74) is 18.6. The van der Waals surface area contributed by atoms with Crippen molar-refractivity contribution in [1.29, 1.82) is 0 Å². The quantitative estimate of drug-likeness (QED) is 0.162. The van der Waals surface area contributed by atoms with Gasteiger partial charge in [-0.15, -0.1) is 0 Å². The van der Waals surface area contributed by atoms with Crippen molar-refractivity contribution in [2.75, 3.05) is 16.8 Å². The highest BCUT2D eigenvalue weighted by Crippen LogP contribution is 2.38.